The van der Waals surface area contributed by atoms with Crippen LogP contribution in [0.15, 0.2) is 4.90 Å². The van der Waals surface area contributed by atoms with Crippen molar-refractivity contribution < 1.29 is 8.42 Å². The number of nitrogens with one attached hydrogen (secondary N) is 3. The maximum atomic E-state index is 12.2. The first-order chi connectivity index (χ1) is 8.40. The smallest absolute Gasteiger partial charge is 0.257 e. The predicted octanol–water partition coefficient (Wildman–Crippen LogP) is -0.275. The van der Waals surface area contributed by atoms with Crippen LogP contribution in [-0.4, -0.2) is 43.8 Å². The molecule has 0 bridgehead atoms. The fourth-order valence-corrected chi connectivity index (χ4v) is 3.21. The molecule has 1 aliphatic rings. The molecule has 1 fully saturated rings. The molecule has 1 aromatic heterocycles. The molecule has 2 rings (SSSR count). The molecule has 7 nitrogen and oxygen atoms in total. The lowest BCUT2D eigenvalue weighted by molar-refractivity contribution is 0.363. The number of sulfonamides is 1. The van der Waals surface area contributed by atoms with Gasteiger partial charge in [0.2, 0.25) is 0 Å². The third-order valence-corrected chi connectivity index (χ3v) is 4.35. The van der Waals surface area contributed by atoms with Crippen molar-refractivity contribution in [2.75, 3.05) is 14.1 Å². The number of rotatable bonds is 6. The maximum Gasteiger partial charge on any atom is 0.257 e. The Morgan fingerprint density at radius 3 is 2.67 bits per heavy atom. The van der Waals surface area contributed by atoms with Crippen molar-refractivity contribution in [2.45, 2.75) is 37.2 Å². The molecule has 0 unspecified atom stereocenters. The second-order valence-corrected chi connectivity index (χ2v) is 6.37. The first-order valence-corrected chi connectivity index (χ1v) is 7.35. The van der Waals surface area contributed by atoms with Gasteiger partial charge in [-0.05, 0) is 19.8 Å². The number of aromatic nitrogens is 2. The van der Waals surface area contributed by atoms with Gasteiger partial charge in [0, 0.05) is 26.7 Å². The van der Waals surface area contributed by atoms with E-state index >= 15 is 0 Å². The topological polar surface area (TPSA) is 90.1 Å². The molecule has 102 valence electrons. The molecule has 0 amide bonds. The van der Waals surface area contributed by atoms with Crippen LogP contribution in [0.4, 0.5) is 0 Å². The summed E-state index contributed by atoms with van der Waals surface area (Å²) in [5.41, 5.74) is 1.09. The van der Waals surface area contributed by atoms with Crippen LogP contribution in [0.5, 0.6) is 0 Å². The van der Waals surface area contributed by atoms with Crippen LogP contribution >= 0.6 is 0 Å². The lowest BCUT2D eigenvalue weighted by Gasteiger charge is -2.13. The van der Waals surface area contributed by atoms with E-state index in [2.05, 4.69) is 20.3 Å². The summed E-state index contributed by atoms with van der Waals surface area (Å²) in [6.07, 6.45) is 2.31. The number of hydrazine groups is 1. The third kappa shape index (κ3) is 3.08. The van der Waals surface area contributed by atoms with Crippen molar-refractivity contribution in [2.24, 2.45) is 0 Å². The SMILES string of the molecule is Cc1[nH]nc(CNC2CC2)c1S(=O)(=O)NN(C)C. The minimum Gasteiger partial charge on any atom is -0.308 e. The minimum absolute atomic E-state index is 0.240. The molecule has 18 heavy (non-hydrogen) atoms. The van der Waals surface area contributed by atoms with E-state index in [1.165, 1.54) is 5.01 Å². The standard InChI is InChI=1S/C10H19N5O2S/c1-7-10(18(16,17)14-15(2)3)9(13-12-7)6-11-8-4-5-8/h8,11,14H,4-6H2,1-3H3,(H,12,13). The highest BCUT2D eigenvalue weighted by Gasteiger charge is 2.27. The van der Waals surface area contributed by atoms with Crippen LogP contribution in [0.25, 0.3) is 0 Å². The van der Waals surface area contributed by atoms with Gasteiger partial charge in [-0.15, -0.1) is 4.83 Å². The van der Waals surface area contributed by atoms with Crippen LogP contribution in [0.3, 0.4) is 0 Å². The number of hydrogen-bond acceptors (Lipinski definition) is 5. The third-order valence-electron chi connectivity index (χ3n) is 2.67. The van der Waals surface area contributed by atoms with E-state index < -0.39 is 10.0 Å². The normalized spacial score (nSPS) is 16.4. The Balaban J connectivity index is 2.21. The summed E-state index contributed by atoms with van der Waals surface area (Å²) < 4.78 is 24.3. The summed E-state index contributed by atoms with van der Waals surface area (Å²) >= 11 is 0. The zero-order chi connectivity index (χ0) is 13.3. The molecular weight excluding hydrogens is 254 g/mol. The Hall–Kier alpha value is -0.960. The molecule has 0 atom stereocenters. The van der Waals surface area contributed by atoms with Crippen molar-refractivity contribution in [1.29, 1.82) is 0 Å². The molecule has 1 aliphatic carbocycles. The van der Waals surface area contributed by atoms with E-state index in [0.717, 1.165) is 12.8 Å². The number of nitrogens with zero attached hydrogens (tertiary/aromatic N) is 2. The van der Waals surface area contributed by atoms with E-state index in [-0.39, 0.29) is 4.90 Å². The van der Waals surface area contributed by atoms with E-state index in [1.54, 1.807) is 21.0 Å². The molecular formula is C10H19N5O2S. The number of aromatic amines is 1. The van der Waals surface area contributed by atoms with Gasteiger partial charge in [-0.2, -0.15) is 5.10 Å². The molecule has 3 N–H and O–H groups in total. The van der Waals surface area contributed by atoms with Gasteiger partial charge in [-0.1, -0.05) is 0 Å². The molecule has 0 saturated heterocycles. The summed E-state index contributed by atoms with van der Waals surface area (Å²) in [6, 6.07) is 0.513. The number of aryl methyl sites for hydroxylation is 1. The average Bonchev–Trinajstić information content (AvgIpc) is 2.97. The Morgan fingerprint density at radius 1 is 1.44 bits per heavy atom. The first-order valence-electron chi connectivity index (χ1n) is 5.87. The molecule has 0 aliphatic heterocycles. The zero-order valence-corrected chi connectivity index (χ0v) is 11.6. The van der Waals surface area contributed by atoms with Crippen LogP contribution in [0.2, 0.25) is 0 Å². The molecule has 0 aromatic carbocycles. The lowest BCUT2D eigenvalue weighted by Crippen LogP contribution is -2.37. The van der Waals surface area contributed by atoms with Crippen molar-refractivity contribution in [1.82, 2.24) is 25.4 Å². The first kappa shape index (κ1) is 13.5. The Kier molecular flexibility index (Phi) is 3.71. The van der Waals surface area contributed by atoms with Crippen LogP contribution in [0.1, 0.15) is 24.2 Å². The molecule has 0 spiro atoms. The Labute approximate surface area is 107 Å². The highest BCUT2D eigenvalue weighted by Crippen LogP contribution is 2.21. The highest BCUT2D eigenvalue weighted by atomic mass is 32.2. The predicted molar refractivity (Wildman–Crippen MR) is 67.2 cm³/mol. The fraction of sp³-hybridized carbons (Fsp3) is 0.700. The van der Waals surface area contributed by atoms with Gasteiger partial charge in [0.25, 0.3) is 10.0 Å². The Bertz CT molecular complexity index is 518. The van der Waals surface area contributed by atoms with E-state index in [1.807, 2.05) is 0 Å². The van der Waals surface area contributed by atoms with Gasteiger partial charge in [0.15, 0.2) is 0 Å². The summed E-state index contributed by atoms with van der Waals surface area (Å²) in [7, 11) is -0.295. The summed E-state index contributed by atoms with van der Waals surface area (Å²) in [5.74, 6) is 0. The second kappa shape index (κ2) is 4.96. The lowest BCUT2D eigenvalue weighted by atomic mass is 10.3. The molecule has 0 radical (unpaired) electrons. The Morgan fingerprint density at radius 2 is 2.11 bits per heavy atom. The van der Waals surface area contributed by atoms with Crippen LogP contribution in [0, 0.1) is 6.92 Å². The summed E-state index contributed by atoms with van der Waals surface area (Å²) in [6.45, 7) is 2.18. The van der Waals surface area contributed by atoms with Gasteiger partial charge in [0.1, 0.15) is 4.90 Å². The molecule has 1 saturated carbocycles. The van der Waals surface area contributed by atoms with Gasteiger partial charge in [-0.25, -0.2) is 13.4 Å². The second-order valence-electron chi connectivity index (χ2n) is 4.77. The van der Waals surface area contributed by atoms with E-state index in [4.69, 9.17) is 0 Å². The minimum atomic E-state index is -3.56. The average molecular weight is 273 g/mol. The van der Waals surface area contributed by atoms with E-state index in [0.29, 0.717) is 24.0 Å². The summed E-state index contributed by atoms with van der Waals surface area (Å²) in [4.78, 5) is 2.66. The van der Waals surface area contributed by atoms with Crippen LogP contribution in [-0.2, 0) is 16.6 Å². The molecule has 1 heterocycles. The monoisotopic (exact) mass is 273 g/mol. The number of hydrogen-bond donors (Lipinski definition) is 3. The van der Waals surface area contributed by atoms with Gasteiger partial charge in [0.05, 0.1) is 11.4 Å². The van der Waals surface area contributed by atoms with Crippen LogP contribution < -0.4 is 10.1 Å². The van der Waals surface area contributed by atoms with Gasteiger partial charge >= 0.3 is 0 Å². The number of H-pyrrole nitrogens is 1. The molecule has 1 aromatic rings. The zero-order valence-electron chi connectivity index (χ0n) is 10.8. The van der Waals surface area contributed by atoms with Crippen molar-refractivity contribution in [3.05, 3.63) is 11.4 Å². The van der Waals surface area contributed by atoms with Crippen molar-refractivity contribution in [3.8, 4) is 0 Å². The molecule has 8 heteroatoms. The van der Waals surface area contributed by atoms with E-state index in [9.17, 15) is 8.42 Å². The largest absolute Gasteiger partial charge is 0.308 e. The maximum absolute atomic E-state index is 12.2. The van der Waals surface area contributed by atoms with Crippen molar-refractivity contribution >= 4 is 10.0 Å². The summed E-state index contributed by atoms with van der Waals surface area (Å²) in [5, 5.41) is 11.5. The highest BCUT2D eigenvalue weighted by molar-refractivity contribution is 7.89. The van der Waals surface area contributed by atoms with Gasteiger partial charge < -0.3 is 5.32 Å². The van der Waals surface area contributed by atoms with Crippen molar-refractivity contribution in [3.63, 3.8) is 0 Å². The fourth-order valence-electron chi connectivity index (χ4n) is 1.76. The van der Waals surface area contributed by atoms with Gasteiger partial charge in [-0.3, -0.25) is 5.10 Å². The quantitative estimate of drug-likeness (QED) is 0.621.